The molecule has 1 unspecified atom stereocenters. The molecule has 1 aromatic carbocycles. The topological polar surface area (TPSA) is 34.9 Å². The standard InChI is InChI=1S/C13H14N2O/c1-10-8-9-15(14-10)13(16)11(2)12-6-4-3-5-7-12/h3-9,11H,1-2H3. The molecule has 0 fully saturated rings. The van der Waals surface area contributed by atoms with Gasteiger partial charge >= 0.3 is 0 Å². The minimum atomic E-state index is -0.166. The van der Waals surface area contributed by atoms with Gasteiger partial charge in [-0.1, -0.05) is 30.3 Å². The molecule has 1 aromatic heterocycles. The molecule has 2 aromatic rings. The van der Waals surface area contributed by atoms with Crippen LogP contribution in [0.2, 0.25) is 0 Å². The first-order valence-corrected chi connectivity index (χ1v) is 5.30. The highest BCUT2D eigenvalue weighted by Crippen LogP contribution is 2.16. The number of rotatable bonds is 2. The molecule has 82 valence electrons. The maximum Gasteiger partial charge on any atom is 0.254 e. The molecule has 0 aliphatic rings. The Bertz CT molecular complexity index is 488. The highest BCUT2D eigenvalue weighted by Gasteiger charge is 2.17. The largest absolute Gasteiger partial charge is 0.272 e. The molecule has 1 atom stereocenters. The van der Waals surface area contributed by atoms with E-state index in [2.05, 4.69) is 5.10 Å². The molecule has 0 aliphatic carbocycles. The molecule has 0 radical (unpaired) electrons. The molecule has 0 saturated carbocycles. The number of aryl methyl sites for hydroxylation is 1. The molecular weight excluding hydrogens is 200 g/mol. The quantitative estimate of drug-likeness (QED) is 0.770. The zero-order valence-electron chi connectivity index (χ0n) is 9.42. The van der Waals surface area contributed by atoms with E-state index < -0.39 is 0 Å². The normalized spacial score (nSPS) is 12.4. The molecule has 16 heavy (non-hydrogen) atoms. The van der Waals surface area contributed by atoms with Crippen LogP contribution in [0.25, 0.3) is 0 Å². The van der Waals surface area contributed by atoms with Crippen LogP contribution < -0.4 is 0 Å². The first-order valence-electron chi connectivity index (χ1n) is 5.30. The number of aromatic nitrogens is 2. The first kappa shape index (κ1) is 10.6. The van der Waals surface area contributed by atoms with Crippen molar-refractivity contribution in [1.82, 2.24) is 9.78 Å². The highest BCUT2D eigenvalue weighted by atomic mass is 16.2. The minimum absolute atomic E-state index is 0.000648. The summed E-state index contributed by atoms with van der Waals surface area (Å²) in [4.78, 5) is 12.1. The third-order valence-corrected chi connectivity index (χ3v) is 2.62. The Morgan fingerprint density at radius 1 is 1.25 bits per heavy atom. The molecule has 0 N–H and O–H groups in total. The molecular formula is C13H14N2O. The van der Waals surface area contributed by atoms with Crippen molar-refractivity contribution in [3.63, 3.8) is 0 Å². The van der Waals surface area contributed by atoms with Gasteiger partial charge in [0.25, 0.3) is 5.91 Å². The summed E-state index contributed by atoms with van der Waals surface area (Å²) >= 11 is 0. The lowest BCUT2D eigenvalue weighted by atomic mass is 10.0. The van der Waals surface area contributed by atoms with Crippen LogP contribution in [0.5, 0.6) is 0 Å². The Kier molecular flexibility index (Phi) is 2.86. The zero-order valence-corrected chi connectivity index (χ0v) is 9.42. The van der Waals surface area contributed by atoms with Crippen LogP contribution >= 0.6 is 0 Å². The fraction of sp³-hybridized carbons (Fsp3) is 0.231. The van der Waals surface area contributed by atoms with Crippen LogP contribution in [0.4, 0.5) is 0 Å². The van der Waals surface area contributed by atoms with Gasteiger partial charge in [-0.25, -0.2) is 4.68 Å². The Hall–Kier alpha value is -1.90. The van der Waals surface area contributed by atoms with Crippen LogP contribution in [0.15, 0.2) is 42.6 Å². The van der Waals surface area contributed by atoms with Gasteiger partial charge in [0.05, 0.1) is 11.6 Å². The molecule has 0 aliphatic heterocycles. The van der Waals surface area contributed by atoms with Gasteiger partial charge in [-0.2, -0.15) is 5.10 Å². The number of hydrogen-bond donors (Lipinski definition) is 0. The van der Waals surface area contributed by atoms with Gasteiger partial charge in [-0.3, -0.25) is 4.79 Å². The Labute approximate surface area is 94.7 Å². The number of hydrogen-bond acceptors (Lipinski definition) is 2. The molecule has 0 amide bonds. The smallest absolute Gasteiger partial charge is 0.254 e. The second kappa shape index (κ2) is 4.31. The fourth-order valence-corrected chi connectivity index (χ4v) is 1.62. The average Bonchev–Trinajstić information content (AvgIpc) is 2.75. The van der Waals surface area contributed by atoms with Gasteiger partial charge in [0, 0.05) is 6.20 Å². The molecule has 3 nitrogen and oxygen atoms in total. The Balaban J connectivity index is 2.23. The first-order chi connectivity index (χ1) is 7.68. The van der Waals surface area contributed by atoms with Crippen molar-refractivity contribution in [2.45, 2.75) is 19.8 Å². The maximum absolute atomic E-state index is 12.1. The second-order valence-corrected chi connectivity index (χ2v) is 3.87. The van der Waals surface area contributed by atoms with E-state index in [1.807, 2.05) is 50.2 Å². The summed E-state index contributed by atoms with van der Waals surface area (Å²) in [7, 11) is 0. The summed E-state index contributed by atoms with van der Waals surface area (Å²) in [6.07, 6.45) is 1.71. The van der Waals surface area contributed by atoms with Crippen LogP contribution in [0.3, 0.4) is 0 Å². The fourth-order valence-electron chi connectivity index (χ4n) is 1.62. The van der Waals surface area contributed by atoms with Crippen LogP contribution in [0, 0.1) is 6.92 Å². The molecule has 0 spiro atoms. The number of carbonyl (C=O) groups is 1. The van der Waals surface area contributed by atoms with E-state index in [0.717, 1.165) is 11.3 Å². The zero-order chi connectivity index (χ0) is 11.5. The summed E-state index contributed by atoms with van der Waals surface area (Å²) in [6.45, 7) is 3.77. The SMILES string of the molecule is Cc1ccn(C(=O)C(C)c2ccccc2)n1. The van der Waals surface area contributed by atoms with E-state index in [1.54, 1.807) is 6.20 Å². The van der Waals surface area contributed by atoms with Gasteiger partial charge in [0.15, 0.2) is 0 Å². The molecule has 0 saturated heterocycles. The van der Waals surface area contributed by atoms with Gasteiger partial charge in [-0.15, -0.1) is 0 Å². The van der Waals surface area contributed by atoms with Crippen molar-refractivity contribution < 1.29 is 4.79 Å². The highest BCUT2D eigenvalue weighted by molar-refractivity contribution is 5.84. The lowest BCUT2D eigenvalue weighted by Gasteiger charge is -2.10. The number of benzene rings is 1. The van der Waals surface area contributed by atoms with E-state index in [4.69, 9.17) is 0 Å². The summed E-state index contributed by atoms with van der Waals surface area (Å²) in [5.41, 5.74) is 1.87. The van der Waals surface area contributed by atoms with E-state index in [1.165, 1.54) is 4.68 Å². The summed E-state index contributed by atoms with van der Waals surface area (Å²) in [5.74, 6) is -0.167. The molecule has 0 bridgehead atoms. The van der Waals surface area contributed by atoms with Crippen molar-refractivity contribution in [3.8, 4) is 0 Å². The maximum atomic E-state index is 12.1. The van der Waals surface area contributed by atoms with Gasteiger partial charge in [0.2, 0.25) is 0 Å². The van der Waals surface area contributed by atoms with Crippen molar-refractivity contribution >= 4 is 5.91 Å². The van der Waals surface area contributed by atoms with Crippen molar-refractivity contribution in [2.24, 2.45) is 0 Å². The second-order valence-electron chi connectivity index (χ2n) is 3.87. The van der Waals surface area contributed by atoms with Crippen LogP contribution in [-0.2, 0) is 0 Å². The summed E-state index contributed by atoms with van der Waals surface area (Å²) in [5, 5.41) is 4.12. The van der Waals surface area contributed by atoms with Crippen LogP contribution in [-0.4, -0.2) is 15.7 Å². The van der Waals surface area contributed by atoms with Gasteiger partial charge in [-0.05, 0) is 25.5 Å². The predicted molar refractivity (Wildman–Crippen MR) is 62.4 cm³/mol. The molecule has 2 rings (SSSR count). The number of carbonyl (C=O) groups excluding carboxylic acids is 1. The van der Waals surface area contributed by atoms with E-state index >= 15 is 0 Å². The average molecular weight is 214 g/mol. The van der Waals surface area contributed by atoms with Crippen molar-refractivity contribution in [1.29, 1.82) is 0 Å². The molecule has 1 heterocycles. The third kappa shape index (κ3) is 2.03. The van der Waals surface area contributed by atoms with E-state index in [9.17, 15) is 4.79 Å². The monoisotopic (exact) mass is 214 g/mol. The minimum Gasteiger partial charge on any atom is -0.272 e. The van der Waals surface area contributed by atoms with E-state index in [-0.39, 0.29) is 11.8 Å². The lowest BCUT2D eigenvalue weighted by Crippen LogP contribution is -2.18. The van der Waals surface area contributed by atoms with Gasteiger partial charge in [0.1, 0.15) is 0 Å². The van der Waals surface area contributed by atoms with Crippen molar-refractivity contribution in [3.05, 3.63) is 53.9 Å². The van der Waals surface area contributed by atoms with Crippen molar-refractivity contribution in [2.75, 3.05) is 0 Å². The summed E-state index contributed by atoms with van der Waals surface area (Å²) < 4.78 is 1.41. The van der Waals surface area contributed by atoms with E-state index in [0.29, 0.717) is 0 Å². The molecule has 3 heteroatoms. The summed E-state index contributed by atoms with van der Waals surface area (Å²) in [6, 6.07) is 11.6. The van der Waals surface area contributed by atoms with Crippen LogP contribution in [0.1, 0.15) is 28.9 Å². The Morgan fingerprint density at radius 2 is 1.94 bits per heavy atom. The third-order valence-electron chi connectivity index (χ3n) is 2.62. The number of nitrogens with zero attached hydrogens (tertiary/aromatic N) is 2. The van der Waals surface area contributed by atoms with Gasteiger partial charge < -0.3 is 0 Å². The Morgan fingerprint density at radius 3 is 2.50 bits per heavy atom. The predicted octanol–water partition coefficient (Wildman–Crippen LogP) is 2.64. The lowest BCUT2D eigenvalue weighted by molar-refractivity contribution is 0.0868.